The quantitative estimate of drug-likeness (QED) is 0.321. The summed E-state index contributed by atoms with van der Waals surface area (Å²) < 4.78 is 5.15. The van der Waals surface area contributed by atoms with E-state index in [1.165, 1.54) is 57.4 Å². The van der Waals surface area contributed by atoms with Crippen molar-refractivity contribution >= 4 is 12.0 Å². The largest absolute Gasteiger partial charge is 0.463 e. The Morgan fingerprint density at radius 2 is 1.73 bits per heavy atom. The molecule has 124 valence electrons. The second-order valence-electron chi connectivity index (χ2n) is 5.69. The molecule has 0 atom stereocenters. The third-order valence-corrected chi connectivity index (χ3v) is 3.66. The molecule has 0 aliphatic rings. The minimum atomic E-state index is -0.287. The number of ether oxygens (including phenoxy) is 1. The lowest BCUT2D eigenvalue weighted by molar-refractivity contribution is -0.137. The van der Waals surface area contributed by atoms with E-state index in [-0.39, 0.29) is 5.97 Å². The summed E-state index contributed by atoms with van der Waals surface area (Å²) in [5, 5.41) is 0. The summed E-state index contributed by atoms with van der Waals surface area (Å²) in [6.07, 6.45) is 19.2. The van der Waals surface area contributed by atoms with Crippen LogP contribution in [0.2, 0.25) is 0 Å². The van der Waals surface area contributed by atoms with Gasteiger partial charge in [0.1, 0.15) is 0 Å². The normalized spacial score (nSPS) is 11.1. The van der Waals surface area contributed by atoms with Crippen LogP contribution in [0.4, 0.5) is 0 Å². The van der Waals surface area contributed by atoms with Crippen molar-refractivity contribution in [3.8, 4) is 0 Å². The summed E-state index contributed by atoms with van der Waals surface area (Å²) in [6.45, 7) is 2.77. The van der Waals surface area contributed by atoms with Crippen LogP contribution >= 0.6 is 0 Å². The molecule has 0 fully saturated rings. The second-order valence-corrected chi connectivity index (χ2v) is 5.69. The predicted molar refractivity (Wildman–Crippen MR) is 90.4 cm³/mol. The van der Waals surface area contributed by atoms with Gasteiger partial charge in [-0.2, -0.15) is 0 Å². The summed E-state index contributed by atoms with van der Waals surface area (Å²) in [5.74, 6) is -0.287. The number of aromatic amines is 1. The molecule has 1 heterocycles. The molecule has 0 bridgehead atoms. The lowest BCUT2D eigenvalue weighted by Crippen LogP contribution is -2.02. The molecule has 0 saturated heterocycles. The molecule has 0 radical (unpaired) electrons. The van der Waals surface area contributed by atoms with Gasteiger partial charge in [-0.1, -0.05) is 64.7 Å². The zero-order chi connectivity index (χ0) is 15.9. The summed E-state index contributed by atoms with van der Waals surface area (Å²) in [5.41, 5.74) is 0.802. The Morgan fingerprint density at radius 1 is 1.09 bits per heavy atom. The Hall–Kier alpha value is -1.58. The first-order chi connectivity index (χ1) is 10.8. The van der Waals surface area contributed by atoms with E-state index < -0.39 is 0 Å². The maximum absolute atomic E-state index is 11.5. The van der Waals surface area contributed by atoms with Crippen molar-refractivity contribution in [1.82, 2.24) is 9.97 Å². The number of rotatable bonds is 13. The maximum atomic E-state index is 11.5. The Labute approximate surface area is 134 Å². The molecule has 0 aliphatic carbocycles. The Bertz CT molecular complexity index is 399. The molecule has 0 aromatic carbocycles. The number of nitrogens with zero attached hydrogens (tertiary/aromatic N) is 1. The van der Waals surface area contributed by atoms with Gasteiger partial charge in [0.15, 0.2) is 0 Å². The number of nitrogens with one attached hydrogen (secondary N) is 1. The molecule has 1 aromatic rings. The lowest BCUT2D eigenvalue weighted by Gasteiger charge is -2.03. The molecule has 1 N–H and O–H groups in total. The van der Waals surface area contributed by atoms with Gasteiger partial charge in [0.25, 0.3) is 0 Å². The van der Waals surface area contributed by atoms with Gasteiger partial charge in [-0.3, -0.25) is 0 Å². The fraction of sp³-hybridized carbons (Fsp3) is 0.667. The maximum Gasteiger partial charge on any atom is 0.330 e. The fourth-order valence-electron chi connectivity index (χ4n) is 2.33. The first kappa shape index (κ1) is 18.5. The van der Waals surface area contributed by atoms with Crippen molar-refractivity contribution in [2.75, 3.05) is 6.61 Å². The average molecular weight is 306 g/mol. The molecule has 4 nitrogen and oxygen atoms in total. The van der Waals surface area contributed by atoms with Crippen molar-refractivity contribution in [2.45, 2.75) is 71.1 Å². The van der Waals surface area contributed by atoms with Crippen LogP contribution in [0.15, 0.2) is 18.6 Å². The van der Waals surface area contributed by atoms with Crippen molar-refractivity contribution in [3.63, 3.8) is 0 Å². The van der Waals surface area contributed by atoms with E-state index in [0.717, 1.165) is 18.5 Å². The molecule has 22 heavy (non-hydrogen) atoms. The van der Waals surface area contributed by atoms with Gasteiger partial charge in [-0.15, -0.1) is 0 Å². The highest BCUT2D eigenvalue weighted by Gasteiger charge is 1.98. The number of imidazole rings is 1. The van der Waals surface area contributed by atoms with Crippen LogP contribution in [0.5, 0.6) is 0 Å². The minimum absolute atomic E-state index is 0.287. The second kappa shape index (κ2) is 13.1. The van der Waals surface area contributed by atoms with Gasteiger partial charge in [0.2, 0.25) is 0 Å². The van der Waals surface area contributed by atoms with E-state index in [4.69, 9.17) is 4.74 Å². The first-order valence-corrected chi connectivity index (χ1v) is 8.66. The third-order valence-electron chi connectivity index (χ3n) is 3.66. The topological polar surface area (TPSA) is 55.0 Å². The van der Waals surface area contributed by atoms with Gasteiger partial charge in [0, 0.05) is 6.08 Å². The summed E-state index contributed by atoms with van der Waals surface area (Å²) in [6, 6.07) is 0. The van der Waals surface area contributed by atoms with E-state index in [2.05, 4.69) is 16.9 Å². The predicted octanol–water partition coefficient (Wildman–Crippen LogP) is 4.89. The molecule has 0 amide bonds. The lowest BCUT2D eigenvalue weighted by atomic mass is 10.1. The van der Waals surface area contributed by atoms with Crippen LogP contribution in [-0.4, -0.2) is 22.5 Å². The van der Waals surface area contributed by atoms with Gasteiger partial charge in [0.05, 0.1) is 24.8 Å². The van der Waals surface area contributed by atoms with E-state index >= 15 is 0 Å². The summed E-state index contributed by atoms with van der Waals surface area (Å²) in [7, 11) is 0. The molecular weight excluding hydrogens is 276 g/mol. The zero-order valence-corrected chi connectivity index (χ0v) is 13.9. The summed E-state index contributed by atoms with van der Waals surface area (Å²) >= 11 is 0. The van der Waals surface area contributed by atoms with Gasteiger partial charge >= 0.3 is 5.97 Å². The average Bonchev–Trinajstić information content (AvgIpc) is 3.04. The molecule has 0 saturated carbocycles. The first-order valence-electron chi connectivity index (χ1n) is 8.66. The molecule has 1 rings (SSSR count). The molecule has 0 unspecified atom stereocenters. The Kier molecular flexibility index (Phi) is 11.0. The van der Waals surface area contributed by atoms with Crippen molar-refractivity contribution in [1.29, 1.82) is 0 Å². The molecule has 1 aromatic heterocycles. The van der Waals surface area contributed by atoms with Crippen LogP contribution in [0, 0.1) is 0 Å². The highest BCUT2D eigenvalue weighted by Crippen LogP contribution is 2.10. The number of H-pyrrole nitrogens is 1. The van der Waals surface area contributed by atoms with Crippen molar-refractivity contribution in [3.05, 3.63) is 24.3 Å². The van der Waals surface area contributed by atoms with Crippen LogP contribution < -0.4 is 0 Å². The number of hydrogen-bond acceptors (Lipinski definition) is 3. The molecular formula is C18H30N2O2. The monoisotopic (exact) mass is 306 g/mol. The van der Waals surface area contributed by atoms with E-state index in [0.29, 0.717) is 6.61 Å². The number of carbonyl (C=O) groups excluding carboxylic acids is 1. The third kappa shape index (κ3) is 10.2. The summed E-state index contributed by atoms with van der Waals surface area (Å²) in [4.78, 5) is 18.2. The molecule has 4 heteroatoms. The standard InChI is InChI=1S/C18H30N2O2/c1-2-3-4-5-6-7-8-9-10-11-14-22-18(21)13-12-17-15-19-16-20-17/h12-13,15-16H,2-11,14H2,1H3,(H,19,20)/b13-12-. The number of esters is 1. The van der Waals surface area contributed by atoms with Gasteiger partial charge in [-0.05, 0) is 12.5 Å². The number of hydrogen-bond donors (Lipinski definition) is 1. The van der Waals surface area contributed by atoms with E-state index in [1.54, 1.807) is 18.6 Å². The van der Waals surface area contributed by atoms with E-state index in [1.807, 2.05) is 0 Å². The highest BCUT2D eigenvalue weighted by atomic mass is 16.5. The zero-order valence-electron chi connectivity index (χ0n) is 13.9. The van der Waals surface area contributed by atoms with E-state index in [9.17, 15) is 4.79 Å². The van der Waals surface area contributed by atoms with Crippen molar-refractivity contribution in [2.24, 2.45) is 0 Å². The van der Waals surface area contributed by atoms with Crippen LogP contribution in [0.1, 0.15) is 76.8 Å². The van der Waals surface area contributed by atoms with Crippen LogP contribution in [0.3, 0.4) is 0 Å². The minimum Gasteiger partial charge on any atom is -0.463 e. The number of carbonyl (C=O) groups is 1. The number of unbranched alkanes of at least 4 members (excludes halogenated alkanes) is 9. The van der Waals surface area contributed by atoms with Gasteiger partial charge < -0.3 is 9.72 Å². The Morgan fingerprint density at radius 3 is 2.32 bits per heavy atom. The Balaban J connectivity index is 1.86. The van der Waals surface area contributed by atoms with Gasteiger partial charge in [-0.25, -0.2) is 9.78 Å². The smallest absolute Gasteiger partial charge is 0.330 e. The van der Waals surface area contributed by atoms with Crippen molar-refractivity contribution < 1.29 is 9.53 Å². The molecule has 0 spiro atoms. The molecule has 0 aliphatic heterocycles. The van der Waals surface area contributed by atoms with Crippen LogP contribution in [0.25, 0.3) is 6.08 Å². The highest BCUT2D eigenvalue weighted by molar-refractivity contribution is 5.86. The fourth-order valence-corrected chi connectivity index (χ4v) is 2.33. The van der Waals surface area contributed by atoms with Crippen LogP contribution in [-0.2, 0) is 9.53 Å². The SMILES string of the molecule is CCCCCCCCCCCCOC(=O)/C=C\c1cnc[nH]1. The number of aromatic nitrogens is 2.